The maximum Gasteiger partial charge on any atom is 0.311 e. The van der Waals surface area contributed by atoms with Crippen LogP contribution in [-0.2, 0) is 92.7 Å². The molecule has 0 saturated carbocycles. The first-order chi connectivity index (χ1) is 57.8. The van der Waals surface area contributed by atoms with E-state index in [0.29, 0.717) is 79.6 Å². The molecule has 0 bridgehead atoms. The molecule has 123 heavy (non-hydrogen) atoms. The fraction of sp³-hybridized carbons (Fsp3) is 0.406. The van der Waals surface area contributed by atoms with Gasteiger partial charge < -0.3 is 70.1 Å². The van der Waals surface area contributed by atoms with Crippen LogP contribution in [-0.4, -0.2) is 192 Å². The number of carboxylic acids is 1. The van der Waals surface area contributed by atoms with Crippen LogP contribution in [0.15, 0.2) is 197 Å². The molecule has 3 aliphatic rings. The number of likely N-dealkylation sites (N-methyl/N-ethyl adjacent to an activating group) is 3. The number of carbonyl (C=O) groups excluding carboxylic acids is 2. The maximum absolute atomic E-state index is 13.2. The maximum atomic E-state index is 13.2. The van der Waals surface area contributed by atoms with Crippen LogP contribution in [0.2, 0.25) is 0 Å². The third-order valence-electron chi connectivity index (χ3n) is 23.7. The number of benzene rings is 9. The van der Waals surface area contributed by atoms with E-state index in [0.717, 1.165) is 108 Å². The van der Waals surface area contributed by atoms with Gasteiger partial charge in [-0.3, -0.25) is 14.4 Å². The molecule has 0 aliphatic carbocycles. The molecule has 0 fully saturated rings. The molecule has 3 heterocycles. The Bertz CT molecular complexity index is 5230. The van der Waals surface area contributed by atoms with Crippen LogP contribution in [0.25, 0.3) is 0 Å². The van der Waals surface area contributed by atoms with Crippen LogP contribution in [0, 0.1) is 41.5 Å². The first kappa shape index (κ1) is 99.9. The summed E-state index contributed by atoms with van der Waals surface area (Å²) in [6.45, 7) is 18.3. The fourth-order valence-electron chi connectivity index (χ4n) is 16.1. The smallest absolute Gasteiger partial charge is 0.311 e. The Kier molecular flexibility index (Phi) is 36.9. The summed E-state index contributed by atoms with van der Waals surface area (Å²) in [6, 6.07) is 54.6. The van der Waals surface area contributed by atoms with Gasteiger partial charge in [-0.1, -0.05) is 104 Å². The van der Waals surface area contributed by atoms with Crippen LogP contribution in [0.3, 0.4) is 0 Å². The zero-order valence-electron chi connectivity index (χ0n) is 72.9. The van der Waals surface area contributed by atoms with Crippen molar-refractivity contribution < 1.29 is 110 Å². The summed E-state index contributed by atoms with van der Waals surface area (Å²) in [6.07, 6.45) is 8.42. The monoisotopic (exact) mass is 1750 g/mol. The van der Waals surface area contributed by atoms with Crippen molar-refractivity contribution in [3.63, 3.8) is 0 Å². The first-order valence-electron chi connectivity index (χ1n) is 40.8. The lowest BCUT2D eigenvalue weighted by molar-refractivity contribution is -0.940. The Morgan fingerprint density at radius 1 is 0.358 bits per heavy atom. The number of fused-ring (bicyclic) bond motifs is 3. The summed E-state index contributed by atoms with van der Waals surface area (Å²) < 4.78 is 140. The lowest BCUT2D eigenvalue weighted by Crippen LogP contribution is -2.53. The number of carbonyl (C=O) groups is 3. The molecule has 0 saturated heterocycles. The Morgan fingerprint density at radius 3 is 0.976 bits per heavy atom. The Balaban J connectivity index is 0.000000282. The highest BCUT2D eigenvalue weighted by Gasteiger charge is 2.43. The van der Waals surface area contributed by atoms with Crippen molar-refractivity contribution in [2.75, 3.05) is 116 Å². The zero-order chi connectivity index (χ0) is 89.3. The predicted octanol–water partition coefficient (Wildman–Crippen LogP) is 15.8. The summed E-state index contributed by atoms with van der Waals surface area (Å²) in [4.78, 5) is 37.0. The van der Waals surface area contributed by atoms with Gasteiger partial charge in [0.05, 0.1) is 150 Å². The molecule has 6 atom stereocenters. The average Bonchev–Trinajstić information content (AvgIpc) is 0.772. The Hall–Kier alpha value is -10.2. The molecule has 12 rings (SSSR count). The molecular formula is C96H123N3O21S3. The van der Waals surface area contributed by atoms with E-state index < -0.39 is 36.3 Å². The average molecular weight is 1750 g/mol. The largest absolute Gasteiger partial charge is 0.744 e. The third-order valence-corrected chi connectivity index (χ3v) is 26.3. The number of nitrogens with zero attached hydrogens (tertiary/aromatic N) is 3. The van der Waals surface area contributed by atoms with E-state index in [2.05, 4.69) is 142 Å². The number of unbranched alkanes of at least 4 members (excludes halogenated alkanes) is 2. The van der Waals surface area contributed by atoms with Gasteiger partial charge in [0, 0.05) is 55.2 Å². The van der Waals surface area contributed by atoms with Gasteiger partial charge in [0.2, 0.25) is 0 Å². The van der Waals surface area contributed by atoms with E-state index in [1.807, 2.05) is 12.1 Å². The van der Waals surface area contributed by atoms with Crippen molar-refractivity contribution >= 4 is 48.3 Å². The van der Waals surface area contributed by atoms with Gasteiger partial charge in [0.15, 0.2) is 23.0 Å². The van der Waals surface area contributed by atoms with Gasteiger partial charge in [0.25, 0.3) is 0 Å². The highest BCUT2D eigenvalue weighted by Crippen LogP contribution is 2.45. The molecule has 0 radical (unpaired) electrons. The number of hydrogen-bond acceptors (Lipinski definition) is 20. The minimum atomic E-state index is -4.25. The van der Waals surface area contributed by atoms with Crippen LogP contribution >= 0.6 is 0 Å². The quantitative estimate of drug-likeness (QED) is 0.0189. The summed E-state index contributed by atoms with van der Waals surface area (Å²) in [5, 5.41) is 9.28. The molecule has 0 unspecified atom stereocenters. The number of rotatable bonds is 30. The number of esters is 2. The second kappa shape index (κ2) is 45.4. The molecule has 666 valence electrons. The van der Waals surface area contributed by atoms with Crippen LogP contribution < -0.4 is 28.4 Å². The molecule has 0 aromatic heterocycles. The van der Waals surface area contributed by atoms with Crippen molar-refractivity contribution in [3.05, 3.63) is 265 Å². The highest BCUT2D eigenvalue weighted by molar-refractivity contribution is 7.86. The van der Waals surface area contributed by atoms with Crippen molar-refractivity contribution in [2.24, 2.45) is 0 Å². The fourth-order valence-corrected chi connectivity index (χ4v) is 17.5. The summed E-state index contributed by atoms with van der Waals surface area (Å²) in [7, 11) is 4.03. The summed E-state index contributed by atoms with van der Waals surface area (Å²) >= 11 is 0. The summed E-state index contributed by atoms with van der Waals surface area (Å²) in [5.74, 6) is 3.51. The molecule has 1 N–H and O–H groups in total. The SMILES string of the molecule is C.COc1cc(C[C@@H]2c3cc(C)c(C)cc3CC[N@+]2(C)CCC(=O)O)ccc1C.COc1cc(C[C@@H]2c3cc(C)c(C)cc3CC[N@+]2(C)CCC(=O)OCCCCCOC(=O)CC[N@@+]2(C)CCc3cc(OC)c(OC)cc3[C@H]2Cc2ccc(OC)c(OC)c2)ccc1C.O=S(=O)([O-])c1ccccc1.O=S(=O)([O-])c1ccccc1.O=S(=O)([O-])c1ccccc1. The van der Waals surface area contributed by atoms with Crippen molar-refractivity contribution in [1.82, 2.24) is 0 Å². The molecule has 24 nitrogen and oxygen atoms in total. The second-order valence-electron chi connectivity index (χ2n) is 32.1. The van der Waals surface area contributed by atoms with E-state index in [-0.39, 0.29) is 58.6 Å². The Morgan fingerprint density at radius 2 is 0.650 bits per heavy atom. The Labute approximate surface area is 728 Å². The van der Waals surface area contributed by atoms with E-state index >= 15 is 0 Å². The topological polar surface area (TPSA) is 317 Å². The predicted molar refractivity (Wildman–Crippen MR) is 472 cm³/mol. The third kappa shape index (κ3) is 28.2. The molecule has 3 aliphatic heterocycles. The van der Waals surface area contributed by atoms with E-state index in [4.69, 9.17) is 37.9 Å². The number of quaternary nitrogens is 3. The zero-order valence-corrected chi connectivity index (χ0v) is 75.3. The lowest BCUT2D eigenvalue weighted by atomic mass is 9.84. The van der Waals surface area contributed by atoms with E-state index in [1.54, 1.807) is 60.9 Å². The van der Waals surface area contributed by atoms with Gasteiger partial charge in [-0.2, -0.15) is 0 Å². The standard InChI is InChI=1S/C53H72N2O9.C24H31NO3.3C6H6O3S.CH4/c1-36-14-15-39(32-48(36)59-7)30-45-43-29-38(3)37(2)28-41(43)18-22-54(45,4)24-20-52(56)63-26-12-11-13-27-64-53(57)21-25-55(5)23-19-42-34-50(61-9)51(62-10)35-44(42)46(55)31-40-16-17-47(58-6)49(33-40)60-8;1-16-6-7-19(15-23(16)28-5)14-22-21-13-18(3)17(2)12-20(21)8-10-25(22,4)11-9-24(26)27;3*7-10(8,9)6-4-2-1-3-5-6;/h14-17,28-29,32-35,45-46H,11-13,18-27,30-31H2,1-10H3;6-7,12-13,15,22H,8-11,14H2,1-5H3;3*1-5H,(H,7,8,9);1H4/q+2;;;;;/p-2/t45-,46-,54-,55-;22-,25-;;;;/m11..../s1. The van der Waals surface area contributed by atoms with Gasteiger partial charge >= 0.3 is 17.9 Å². The minimum Gasteiger partial charge on any atom is -0.744 e. The normalized spacial score (nSPS) is 18.0. The molecule has 9 aromatic carbocycles. The van der Waals surface area contributed by atoms with E-state index in [9.17, 15) is 58.4 Å². The lowest BCUT2D eigenvalue weighted by Gasteiger charge is -2.46. The number of methoxy groups -OCH3 is 6. The number of carboxylic acid groups (broad SMARTS) is 1. The molecule has 27 heteroatoms. The molecular weight excluding hydrogens is 1630 g/mol. The number of aryl methyl sites for hydroxylation is 6. The molecule has 0 amide bonds. The van der Waals surface area contributed by atoms with Crippen LogP contribution in [0.4, 0.5) is 0 Å². The number of hydrogen-bond donors (Lipinski definition) is 1. The van der Waals surface area contributed by atoms with Crippen molar-refractivity contribution in [2.45, 2.75) is 159 Å². The minimum absolute atomic E-state index is 0. The highest BCUT2D eigenvalue weighted by atomic mass is 32.2. The summed E-state index contributed by atoms with van der Waals surface area (Å²) in [5.41, 5.74) is 19.1. The first-order valence-corrected chi connectivity index (χ1v) is 45.0. The van der Waals surface area contributed by atoms with Crippen LogP contribution in [0.5, 0.6) is 34.5 Å². The molecule has 0 spiro atoms. The van der Waals surface area contributed by atoms with E-state index in [1.165, 1.54) is 140 Å². The van der Waals surface area contributed by atoms with Crippen LogP contribution in [0.1, 0.15) is 148 Å². The van der Waals surface area contributed by atoms with Crippen molar-refractivity contribution in [1.29, 1.82) is 0 Å². The van der Waals surface area contributed by atoms with Gasteiger partial charge in [0.1, 0.15) is 60.0 Å². The number of aliphatic carboxylic acids is 1. The molecule has 9 aromatic rings. The van der Waals surface area contributed by atoms with Crippen molar-refractivity contribution in [3.8, 4) is 34.5 Å². The number of ether oxygens (including phenoxy) is 8. The van der Waals surface area contributed by atoms with Gasteiger partial charge in [-0.05, 0) is 212 Å². The van der Waals surface area contributed by atoms with Gasteiger partial charge in [-0.15, -0.1) is 0 Å². The van der Waals surface area contributed by atoms with Gasteiger partial charge in [-0.25, -0.2) is 25.3 Å². The second-order valence-corrected chi connectivity index (χ2v) is 36.2.